The van der Waals surface area contributed by atoms with Crippen LogP contribution in [-0.2, 0) is 6.54 Å². The third-order valence-corrected chi connectivity index (χ3v) is 3.69. The third kappa shape index (κ3) is 3.03. The molecule has 0 fully saturated rings. The number of aryl methyl sites for hydroxylation is 1. The van der Waals surface area contributed by atoms with Crippen LogP contribution in [0.2, 0.25) is 0 Å². The van der Waals surface area contributed by atoms with E-state index in [0.29, 0.717) is 6.54 Å². The molecule has 0 radical (unpaired) electrons. The van der Waals surface area contributed by atoms with E-state index in [1.165, 1.54) is 28.4 Å². The number of carboxylic acid groups (broad SMARTS) is 1. The van der Waals surface area contributed by atoms with Gasteiger partial charge in [-0.2, -0.15) is 0 Å². The largest absolute Gasteiger partial charge is 0.478 e. The minimum Gasteiger partial charge on any atom is -0.478 e. The summed E-state index contributed by atoms with van der Waals surface area (Å²) < 4.78 is 0. The molecule has 2 aromatic rings. The Morgan fingerprint density at radius 3 is 2.50 bits per heavy atom. The zero-order valence-electron chi connectivity index (χ0n) is 11.2. The summed E-state index contributed by atoms with van der Waals surface area (Å²) in [6.45, 7) is 2.31. The standard InChI is InChI=1S/C14H14N2O3S/c1-9-15-7-10(20-9)8-16(2)13(17)11-5-3-4-6-12(11)14(18)19/h3-7H,8H2,1-2H3,(H,18,19). The van der Waals surface area contributed by atoms with Crippen LogP contribution in [0.4, 0.5) is 0 Å². The quantitative estimate of drug-likeness (QED) is 0.938. The minimum atomic E-state index is -1.10. The van der Waals surface area contributed by atoms with Crippen molar-refractivity contribution < 1.29 is 14.7 Å². The zero-order chi connectivity index (χ0) is 14.7. The highest BCUT2D eigenvalue weighted by atomic mass is 32.1. The molecule has 0 saturated heterocycles. The Kier molecular flexibility index (Phi) is 4.14. The summed E-state index contributed by atoms with van der Waals surface area (Å²) in [5.41, 5.74) is 0.216. The topological polar surface area (TPSA) is 70.5 Å². The van der Waals surface area contributed by atoms with Crippen molar-refractivity contribution in [2.24, 2.45) is 0 Å². The summed E-state index contributed by atoms with van der Waals surface area (Å²) in [6, 6.07) is 6.22. The van der Waals surface area contributed by atoms with Crippen LogP contribution in [0.15, 0.2) is 30.5 Å². The van der Waals surface area contributed by atoms with Gasteiger partial charge in [0, 0.05) is 18.1 Å². The van der Waals surface area contributed by atoms with Crippen molar-refractivity contribution in [1.82, 2.24) is 9.88 Å². The van der Waals surface area contributed by atoms with Crippen LogP contribution in [0.5, 0.6) is 0 Å². The minimum absolute atomic E-state index is 0.0184. The number of rotatable bonds is 4. The van der Waals surface area contributed by atoms with Crippen LogP contribution in [0.1, 0.15) is 30.6 Å². The number of hydrogen-bond donors (Lipinski definition) is 1. The number of nitrogens with zero attached hydrogens (tertiary/aromatic N) is 2. The summed E-state index contributed by atoms with van der Waals surface area (Å²) in [6.07, 6.45) is 1.73. The van der Waals surface area contributed by atoms with Gasteiger partial charge in [0.1, 0.15) is 0 Å². The lowest BCUT2D eigenvalue weighted by Crippen LogP contribution is -2.27. The molecule has 1 amide bonds. The maximum absolute atomic E-state index is 12.3. The van der Waals surface area contributed by atoms with E-state index >= 15 is 0 Å². The van der Waals surface area contributed by atoms with Gasteiger partial charge in [0.25, 0.3) is 5.91 Å². The van der Waals surface area contributed by atoms with Crippen LogP contribution in [0.25, 0.3) is 0 Å². The Labute approximate surface area is 120 Å². The van der Waals surface area contributed by atoms with Crippen molar-refractivity contribution in [3.05, 3.63) is 51.5 Å². The number of carbonyl (C=O) groups is 2. The van der Waals surface area contributed by atoms with Gasteiger partial charge in [-0.05, 0) is 19.1 Å². The lowest BCUT2D eigenvalue weighted by molar-refractivity contribution is 0.0680. The number of amides is 1. The van der Waals surface area contributed by atoms with Crippen molar-refractivity contribution in [2.75, 3.05) is 7.05 Å². The Hall–Kier alpha value is -2.21. The van der Waals surface area contributed by atoms with Crippen molar-refractivity contribution in [1.29, 1.82) is 0 Å². The highest BCUT2D eigenvalue weighted by Crippen LogP contribution is 2.16. The van der Waals surface area contributed by atoms with E-state index in [1.807, 2.05) is 6.92 Å². The Morgan fingerprint density at radius 2 is 1.95 bits per heavy atom. The predicted octanol–water partition coefficient (Wildman–Crippen LogP) is 2.42. The van der Waals surface area contributed by atoms with Crippen molar-refractivity contribution in [2.45, 2.75) is 13.5 Å². The van der Waals surface area contributed by atoms with Gasteiger partial charge < -0.3 is 10.0 Å². The lowest BCUT2D eigenvalue weighted by Gasteiger charge is -2.17. The molecule has 104 valence electrons. The summed E-state index contributed by atoms with van der Waals surface area (Å²) in [5, 5.41) is 10.0. The molecular weight excluding hydrogens is 276 g/mol. The van der Waals surface area contributed by atoms with Gasteiger partial charge in [0.2, 0.25) is 0 Å². The summed E-state index contributed by atoms with van der Waals surface area (Å²) in [4.78, 5) is 30.1. The molecule has 0 aliphatic heterocycles. The fraction of sp³-hybridized carbons (Fsp3) is 0.214. The van der Waals surface area contributed by atoms with Gasteiger partial charge in [-0.15, -0.1) is 11.3 Å². The highest BCUT2D eigenvalue weighted by molar-refractivity contribution is 7.11. The fourth-order valence-corrected chi connectivity index (χ4v) is 2.69. The van der Waals surface area contributed by atoms with Crippen molar-refractivity contribution >= 4 is 23.2 Å². The maximum Gasteiger partial charge on any atom is 0.336 e. The zero-order valence-corrected chi connectivity index (χ0v) is 12.0. The molecule has 0 saturated carbocycles. The Bertz CT molecular complexity index is 651. The number of aromatic carboxylic acids is 1. The summed E-state index contributed by atoms with van der Waals surface area (Å²) in [7, 11) is 1.65. The summed E-state index contributed by atoms with van der Waals surface area (Å²) in [5.74, 6) is -1.41. The smallest absolute Gasteiger partial charge is 0.336 e. The first-order chi connectivity index (χ1) is 9.49. The van der Waals surface area contributed by atoms with Gasteiger partial charge in [0.05, 0.1) is 22.7 Å². The normalized spacial score (nSPS) is 10.3. The molecule has 0 spiro atoms. The molecule has 0 aliphatic rings. The first-order valence-electron chi connectivity index (χ1n) is 5.98. The third-order valence-electron chi connectivity index (χ3n) is 2.80. The average Bonchev–Trinajstić information content (AvgIpc) is 2.83. The second-order valence-corrected chi connectivity index (χ2v) is 5.68. The van der Waals surface area contributed by atoms with E-state index in [1.54, 1.807) is 25.4 Å². The molecule has 20 heavy (non-hydrogen) atoms. The predicted molar refractivity (Wildman–Crippen MR) is 76.0 cm³/mol. The van der Waals surface area contributed by atoms with E-state index < -0.39 is 5.97 Å². The molecule has 0 aliphatic carbocycles. The molecule has 1 heterocycles. The molecule has 2 rings (SSSR count). The average molecular weight is 290 g/mol. The first-order valence-corrected chi connectivity index (χ1v) is 6.80. The second kappa shape index (κ2) is 5.83. The lowest BCUT2D eigenvalue weighted by atomic mass is 10.1. The van der Waals surface area contributed by atoms with Crippen LogP contribution >= 0.6 is 11.3 Å². The number of thiazole rings is 1. The number of carbonyl (C=O) groups excluding carboxylic acids is 1. The van der Waals surface area contributed by atoms with E-state index in [0.717, 1.165) is 9.88 Å². The molecule has 0 bridgehead atoms. The van der Waals surface area contributed by atoms with E-state index in [9.17, 15) is 9.59 Å². The van der Waals surface area contributed by atoms with Gasteiger partial charge in [-0.1, -0.05) is 12.1 Å². The van der Waals surface area contributed by atoms with E-state index in [-0.39, 0.29) is 17.0 Å². The van der Waals surface area contributed by atoms with Gasteiger partial charge in [-0.3, -0.25) is 4.79 Å². The monoisotopic (exact) mass is 290 g/mol. The van der Waals surface area contributed by atoms with Crippen molar-refractivity contribution in [3.63, 3.8) is 0 Å². The van der Waals surface area contributed by atoms with E-state index in [4.69, 9.17) is 5.11 Å². The molecule has 5 nitrogen and oxygen atoms in total. The SMILES string of the molecule is Cc1ncc(CN(C)C(=O)c2ccccc2C(=O)O)s1. The number of aromatic nitrogens is 1. The first kappa shape index (κ1) is 14.2. The van der Waals surface area contributed by atoms with Gasteiger partial charge in [-0.25, -0.2) is 9.78 Å². The van der Waals surface area contributed by atoms with Crippen LogP contribution in [0.3, 0.4) is 0 Å². The fourth-order valence-electron chi connectivity index (χ4n) is 1.85. The number of hydrogen-bond acceptors (Lipinski definition) is 4. The maximum atomic E-state index is 12.3. The van der Waals surface area contributed by atoms with Crippen LogP contribution < -0.4 is 0 Å². The summed E-state index contributed by atoms with van der Waals surface area (Å²) >= 11 is 1.52. The Balaban J connectivity index is 2.20. The van der Waals surface area contributed by atoms with Gasteiger partial charge in [0.15, 0.2) is 0 Å². The number of benzene rings is 1. The molecular formula is C14H14N2O3S. The molecule has 0 atom stereocenters. The molecule has 1 aromatic carbocycles. The second-order valence-electron chi connectivity index (χ2n) is 4.36. The van der Waals surface area contributed by atoms with Crippen molar-refractivity contribution in [3.8, 4) is 0 Å². The van der Waals surface area contributed by atoms with Gasteiger partial charge >= 0.3 is 5.97 Å². The molecule has 1 N–H and O–H groups in total. The van der Waals surface area contributed by atoms with E-state index in [2.05, 4.69) is 4.98 Å². The van der Waals surface area contributed by atoms with Crippen LogP contribution in [-0.4, -0.2) is 33.9 Å². The highest BCUT2D eigenvalue weighted by Gasteiger charge is 2.19. The molecule has 1 aromatic heterocycles. The Morgan fingerprint density at radius 1 is 1.30 bits per heavy atom. The van der Waals surface area contributed by atoms with Crippen LogP contribution in [0, 0.1) is 6.92 Å². The molecule has 0 unspecified atom stereocenters. The number of carboxylic acids is 1. The molecule has 6 heteroatoms.